The second-order valence-corrected chi connectivity index (χ2v) is 2.04. The Balaban J connectivity index is 2.82. The monoisotopic (exact) mass is 149 g/mol. The molecule has 0 aromatic heterocycles. The normalized spacial score (nSPS) is 9.18. The first-order valence-corrected chi connectivity index (χ1v) is 3.34. The Morgan fingerprint density at radius 3 is 3.00 bits per heavy atom. The first-order chi connectivity index (χ1) is 5.36. The molecule has 1 aromatic carbocycles. The van der Waals surface area contributed by atoms with Crippen molar-refractivity contribution < 1.29 is 9.53 Å². The van der Waals surface area contributed by atoms with E-state index in [0.717, 1.165) is 6.29 Å². The van der Waals surface area contributed by atoms with Crippen molar-refractivity contribution in [2.45, 2.75) is 0 Å². The number of ether oxygens (including phenoxy) is 1. The first kappa shape index (κ1) is 7.79. The summed E-state index contributed by atoms with van der Waals surface area (Å²) in [6.07, 6.45) is 0.788. The molecule has 11 heavy (non-hydrogen) atoms. The summed E-state index contributed by atoms with van der Waals surface area (Å²) in [7, 11) is 0. The molecule has 2 heteroatoms. The van der Waals surface area contributed by atoms with Crippen LogP contribution in [0, 0.1) is 6.92 Å². The molecule has 0 spiro atoms. The van der Waals surface area contributed by atoms with E-state index in [1.165, 1.54) is 0 Å². The summed E-state index contributed by atoms with van der Waals surface area (Å²) in [5, 5.41) is 0. The van der Waals surface area contributed by atoms with Crippen LogP contribution in [0.3, 0.4) is 0 Å². The van der Waals surface area contributed by atoms with E-state index >= 15 is 0 Å². The maximum Gasteiger partial charge on any atom is 0.150 e. The molecule has 2 nitrogen and oxygen atoms in total. The Morgan fingerprint density at radius 2 is 2.36 bits per heavy atom. The van der Waals surface area contributed by atoms with Crippen molar-refractivity contribution in [2.24, 2.45) is 0 Å². The average Bonchev–Trinajstić information content (AvgIpc) is 2.06. The van der Waals surface area contributed by atoms with Gasteiger partial charge in [-0.3, -0.25) is 4.79 Å². The van der Waals surface area contributed by atoms with Gasteiger partial charge in [0, 0.05) is 5.56 Å². The van der Waals surface area contributed by atoms with Gasteiger partial charge in [0.15, 0.2) is 0 Å². The first-order valence-electron chi connectivity index (χ1n) is 3.34. The number of benzene rings is 1. The summed E-state index contributed by atoms with van der Waals surface area (Å²) in [6, 6.07) is 6.97. The minimum atomic E-state index is 0.377. The molecule has 1 aromatic rings. The van der Waals surface area contributed by atoms with Gasteiger partial charge in [0.2, 0.25) is 0 Å². The lowest BCUT2D eigenvalue weighted by Crippen LogP contribution is -1.91. The number of hydrogen-bond donors (Lipinski definition) is 0. The predicted octanol–water partition coefficient (Wildman–Crippen LogP) is 1.71. The van der Waals surface area contributed by atoms with Gasteiger partial charge in [-0.1, -0.05) is 12.1 Å². The van der Waals surface area contributed by atoms with Gasteiger partial charge in [-0.2, -0.15) is 0 Å². The third-order valence-electron chi connectivity index (χ3n) is 1.26. The highest BCUT2D eigenvalue weighted by molar-refractivity contribution is 5.75. The van der Waals surface area contributed by atoms with E-state index in [0.29, 0.717) is 17.9 Å². The molecule has 1 rings (SSSR count). The van der Waals surface area contributed by atoms with Gasteiger partial charge in [0.05, 0.1) is 6.61 Å². The van der Waals surface area contributed by atoms with Crippen LogP contribution in [0.15, 0.2) is 24.3 Å². The lowest BCUT2D eigenvalue weighted by Gasteiger charge is -2.01. The molecule has 0 aliphatic heterocycles. The fourth-order valence-electron chi connectivity index (χ4n) is 0.795. The van der Waals surface area contributed by atoms with Crippen molar-refractivity contribution >= 4 is 6.29 Å². The van der Waals surface area contributed by atoms with Gasteiger partial charge in [0.25, 0.3) is 0 Å². The maximum atomic E-state index is 10.3. The topological polar surface area (TPSA) is 26.3 Å². The van der Waals surface area contributed by atoms with Gasteiger partial charge >= 0.3 is 0 Å². The van der Waals surface area contributed by atoms with E-state index in [1.807, 2.05) is 0 Å². The van der Waals surface area contributed by atoms with Gasteiger partial charge in [-0.25, -0.2) is 0 Å². The van der Waals surface area contributed by atoms with Crippen molar-refractivity contribution in [2.75, 3.05) is 6.61 Å². The third-order valence-corrected chi connectivity index (χ3v) is 1.26. The van der Waals surface area contributed by atoms with Crippen LogP contribution in [0.1, 0.15) is 10.4 Å². The minimum absolute atomic E-state index is 0.377. The summed E-state index contributed by atoms with van der Waals surface area (Å²) in [5.74, 6) is 0.685. The summed E-state index contributed by atoms with van der Waals surface area (Å²) < 4.78 is 5.08. The number of rotatable bonds is 3. The van der Waals surface area contributed by atoms with Crippen molar-refractivity contribution in [3.63, 3.8) is 0 Å². The van der Waals surface area contributed by atoms with Crippen LogP contribution in [0.4, 0.5) is 0 Å². The molecule has 0 aliphatic rings. The Kier molecular flexibility index (Phi) is 2.66. The van der Waals surface area contributed by atoms with Crippen LogP contribution in [0.5, 0.6) is 5.75 Å². The standard InChI is InChI=1S/C9H9O2/c1-2-11-9-5-3-4-8(6-9)7-10/h3-7H,1-2H2. The van der Waals surface area contributed by atoms with Crippen LogP contribution >= 0.6 is 0 Å². The molecule has 0 saturated heterocycles. The zero-order valence-corrected chi connectivity index (χ0v) is 6.12. The second-order valence-electron chi connectivity index (χ2n) is 2.04. The molecule has 0 bridgehead atoms. The van der Waals surface area contributed by atoms with Crippen molar-refractivity contribution in [1.82, 2.24) is 0 Å². The zero-order chi connectivity index (χ0) is 8.10. The van der Waals surface area contributed by atoms with E-state index in [2.05, 4.69) is 6.92 Å². The molecule has 0 N–H and O–H groups in total. The molecular formula is C9H9O2. The Hall–Kier alpha value is -1.31. The summed E-state index contributed by atoms with van der Waals surface area (Å²) in [5.41, 5.74) is 0.621. The smallest absolute Gasteiger partial charge is 0.150 e. The molecule has 0 atom stereocenters. The number of aldehydes is 1. The Morgan fingerprint density at radius 1 is 1.55 bits per heavy atom. The van der Waals surface area contributed by atoms with Gasteiger partial charge < -0.3 is 4.74 Å². The molecule has 57 valence electrons. The van der Waals surface area contributed by atoms with Crippen LogP contribution < -0.4 is 4.74 Å². The fourth-order valence-corrected chi connectivity index (χ4v) is 0.795. The highest BCUT2D eigenvalue weighted by atomic mass is 16.5. The van der Waals surface area contributed by atoms with Crippen LogP contribution in [0.25, 0.3) is 0 Å². The largest absolute Gasteiger partial charge is 0.494 e. The van der Waals surface area contributed by atoms with E-state index in [1.54, 1.807) is 24.3 Å². The highest BCUT2D eigenvalue weighted by Crippen LogP contribution is 2.11. The van der Waals surface area contributed by atoms with Crippen molar-refractivity contribution in [1.29, 1.82) is 0 Å². The molecule has 0 unspecified atom stereocenters. The Labute approximate surface area is 65.8 Å². The lowest BCUT2D eigenvalue weighted by molar-refractivity contribution is 0.112. The minimum Gasteiger partial charge on any atom is -0.494 e. The molecular weight excluding hydrogens is 140 g/mol. The predicted molar refractivity (Wildman–Crippen MR) is 42.7 cm³/mol. The summed E-state index contributed by atoms with van der Waals surface area (Å²) in [6.45, 7) is 3.90. The van der Waals surface area contributed by atoms with Gasteiger partial charge in [-0.15, -0.1) is 0 Å². The van der Waals surface area contributed by atoms with Crippen LogP contribution in [0.2, 0.25) is 0 Å². The summed E-state index contributed by atoms with van der Waals surface area (Å²) in [4.78, 5) is 10.3. The molecule has 0 saturated carbocycles. The molecule has 1 radical (unpaired) electrons. The van der Waals surface area contributed by atoms with Gasteiger partial charge in [0.1, 0.15) is 12.0 Å². The zero-order valence-electron chi connectivity index (χ0n) is 6.12. The highest BCUT2D eigenvalue weighted by Gasteiger charge is 1.92. The summed E-state index contributed by atoms with van der Waals surface area (Å²) >= 11 is 0. The molecule has 0 aliphatic carbocycles. The SMILES string of the molecule is [CH2]COc1cccc(C=O)c1. The van der Waals surface area contributed by atoms with Crippen molar-refractivity contribution in [3.8, 4) is 5.75 Å². The third kappa shape index (κ3) is 2.08. The molecule has 0 fully saturated rings. The quantitative estimate of drug-likeness (QED) is 0.611. The van der Waals surface area contributed by atoms with E-state index < -0.39 is 0 Å². The number of hydrogen-bond acceptors (Lipinski definition) is 2. The molecule has 0 amide bonds. The lowest BCUT2D eigenvalue weighted by atomic mass is 10.2. The van der Waals surface area contributed by atoms with Crippen LogP contribution in [-0.2, 0) is 0 Å². The second kappa shape index (κ2) is 3.76. The van der Waals surface area contributed by atoms with E-state index in [9.17, 15) is 4.79 Å². The number of carbonyl (C=O) groups excluding carboxylic acids is 1. The van der Waals surface area contributed by atoms with Crippen LogP contribution in [-0.4, -0.2) is 12.9 Å². The molecule has 0 heterocycles. The Bertz CT molecular complexity index is 243. The van der Waals surface area contributed by atoms with Crippen molar-refractivity contribution in [3.05, 3.63) is 36.8 Å². The number of carbonyl (C=O) groups is 1. The van der Waals surface area contributed by atoms with E-state index in [-0.39, 0.29) is 0 Å². The average molecular weight is 149 g/mol. The maximum absolute atomic E-state index is 10.3. The van der Waals surface area contributed by atoms with E-state index in [4.69, 9.17) is 4.74 Å². The fraction of sp³-hybridized carbons (Fsp3) is 0.111. The van der Waals surface area contributed by atoms with Gasteiger partial charge in [-0.05, 0) is 19.1 Å².